The second-order valence-electron chi connectivity index (χ2n) is 6.28. The summed E-state index contributed by atoms with van der Waals surface area (Å²) in [4.78, 5) is 4.83. The smallest absolute Gasteiger partial charge is 0.135 e. The maximum absolute atomic E-state index is 5.60. The molecule has 6 heteroatoms. The number of aromatic nitrogens is 3. The quantitative estimate of drug-likeness (QED) is 0.711. The largest absolute Gasteiger partial charge is 0.496 e. The highest BCUT2D eigenvalue weighted by Gasteiger charge is 2.29. The highest BCUT2D eigenvalue weighted by molar-refractivity contribution is 5.85. The Morgan fingerprint density at radius 2 is 1.68 bits per heavy atom. The van der Waals surface area contributed by atoms with Crippen LogP contribution in [-0.2, 0) is 7.05 Å². The number of methoxy groups -OCH3 is 3. The fourth-order valence-corrected chi connectivity index (χ4v) is 3.31. The third-order valence-corrected chi connectivity index (χ3v) is 4.71. The third-order valence-electron chi connectivity index (χ3n) is 4.71. The van der Waals surface area contributed by atoms with Crippen LogP contribution < -0.4 is 14.2 Å². The van der Waals surface area contributed by atoms with E-state index in [9.17, 15) is 0 Å². The molecule has 0 saturated heterocycles. The molecule has 0 bridgehead atoms. The van der Waals surface area contributed by atoms with Gasteiger partial charge in [-0.15, -0.1) is 0 Å². The highest BCUT2D eigenvalue weighted by Crippen LogP contribution is 2.46. The predicted octanol–water partition coefficient (Wildman–Crippen LogP) is 3.54. The standard InChI is InChI=1S/C19H21N3O3/c1-22-19-13(11-5-6-11)9-14(21-15(19)10-20-22)18-16(24-3)7-12(23-2)8-17(18)25-4/h7-11H,5-6H2,1-4H3. The van der Waals surface area contributed by atoms with E-state index in [1.807, 2.05) is 30.1 Å². The van der Waals surface area contributed by atoms with Crippen LogP contribution >= 0.6 is 0 Å². The van der Waals surface area contributed by atoms with Gasteiger partial charge in [-0.2, -0.15) is 5.10 Å². The lowest BCUT2D eigenvalue weighted by atomic mass is 10.0. The Bertz CT molecular complexity index is 919. The van der Waals surface area contributed by atoms with Crippen LogP contribution in [0.3, 0.4) is 0 Å². The summed E-state index contributed by atoms with van der Waals surface area (Å²) < 4.78 is 18.4. The Morgan fingerprint density at radius 1 is 1.00 bits per heavy atom. The lowest BCUT2D eigenvalue weighted by Crippen LogP contribution is -1.99. The zero-order valence-electron chi connectivity index (χ0n) is 14.9. The number of aryl methyl sites for hydroxylation is 1. The molecule has 25 heavy (non-hydrogen) atoms. The number of nitrogens with zero attached hydrogens (tertiary/aromatic N) is 3. The van der Waals surface area contributed by atoms with Gasteiger partial charge in [0.1, 0.15) is 22.8 Å². The average molecular weight is 339 g/mol. The van der Waals surface area contributed by atoms with Gasteiger partial charge in [-0.05, 0) is 30.4 Å². The van der Waals surface area contributed by atoms with Gasteiger partial charge in [0.25, 0.3) is 0 Å². The second-order valence-corrected chi connectivity index (χ2v) is 6.28. The van der Waals surface area contributed by atoms with Gasteiger partial charge in [-0.3, -0.25) is 4.68 Å². The minimum Gasteiger partial charge on any atom is -0.496 e. The van der Waals surface area contributed by atoms with Crippen LogP contribution in [0.1, 0.15) is 24.3 Å². The van der Waals surface area contributed by atoms with Crippen LogP contribution in [0.15, 0.2) is 24.4 Å². The molecule has 3 aromatic rings. The summed E-state index contributed by atoms with van der Waals surface area (Å²) >= 11 is 0. The van der Waals surface area contributed by atoms with E-state index in [1.54, 1.807) is 21.3 Å². The van der Waals surface area contributed by atoms with E-state index >= 15 is 0 Å². The van der Waals surface area contributed by atoms with Crippen molar-refractivity contribution in [2.24, 2.45) is 7.05 Å². The van der Waals surface area contributed by atoms with Gasteiger partial charge in [0, 0.05) is 19.2 Å². The molecule has 0 aliphatic heterocycles. The molecule has 2 aromatic heterocycles. The molecule has 0 radical (unpaired) electrons. The summed E-state index contributed by atoms with van der Waals surface area (Å²) in [6.07, 6.45) is 4.23. The molecule has 0 atom stereocenters. The molecule has 1 aliphatic carbocycles. The number of hydrogen-bond donors (Lipinski definition) is 0. The van der Waals surface area contributed by atoms with Crippen molar-refractivity contribution in [2.75, 3.05) is 21.3 Å². The lowest BCUT2D eigenvalue weighted by molar-refractivity contribution is 0.377. The maximum atomic E-state index is 5.60. The first kappa shape index (κ1) is 15.7. The molecule has 0 spiro atoms. The van der Waals surface area contributed by atoms with Gasteiger partial charge in [0.05, 0.1) is 44.3 Å². The fraction of sp³-hybridized carbons (Fsp3) is 0.368. The van der Waals surface area contributed by atoms with Crippen molar-refractivity contribution in [3.8, 4) is 28.5 Å². The monoisotopic (exact) mass is 339 g/mol. The number of ether oxygens (including phenoxy) is 3. The summed E-state index contributed by atoms with van der Waals surface area (Å²) in [5.41, 5.74) is 4.96. The van der Waals surface area contributed by atoms with Crippen LogP contribution in [0, 0.1) is 0 Å². The Kier molecular flexibility index (Phi) is 3.75. The molecule has 1 aliphatic rings. The molecule has 0 unspecified atom stereocenters. The van der Waals surface area contributed by atoms with Gasteiger partial charge in [-0.1, -0.05) is 0 Å². The maximum Gasteiger partial charge on any atom is 0.135 e. The SMILES string of the molecule is COc1cc(OC)c(-c2cc(C3CC3)c3c(cnn3C)n2)c(OC)c1. The number of rotatable bonds is 5. The third kappa shape index (κ3) is 2.58. The minimum absolute atomic E-state index is 0.579. The van der Waals surface area contributed by atoms with Crippen molar-refractivity contribution in [1.29, 1.82) is 0 Å². The van der Waals surface area contributed by atoms with Gasteiger partial charge in [-0.25, -0.2) is 4.98 Å². The van der Waals surface area contributed by atoms with Crippen molar-refractivity contribution < 1.29 is 14.2 Å². The molecule has 4 rings (SSSR count). The Hall–Kier alpha value is -2.76. The fourth-order valence-electron chi connectivity index (χ4n) is 3.31. The first-order valence-electron chi connectivity index (χ1n) is 8.29. The molecule has 1 saturated carbocycles. The van der Waals surface area contributed by atoms with Gasteiger partial charge >= 0.3 is 0 Å². The predicted molar refractivity (Wildman–Crippen MR) is 95.6 cm³/mol. The van der Waals surface area contributed by atoms with Crippen LogP contribution in [-0.4, -0.2) is 36.1 Å². The molecular weight excluding hydrogens is 318 g/mol. The summed E-state index contributed by atoms with van der Waals surface area (Å²) in [6.45, 7) is 0. The lowest BCUT2D eigenvalue weighted by Gasteiger charge is -2.16. The van der Waals surface area contributed by atoms with Gasteiger partial charge in [0.2, 0.25) is 0 Å². The van der Waals surface area contributed by atoms with Gasteiger partial charge in [0.15, 0.2) is 0 Å². The summed E-state index contributed by atoms with van der Waals surface area (Å²) in [5.74, 6) is 2.61. The second kappa shape index (κ2) is 5.95. The Labute approximate surface area is 146 Å². The van der Waals surface area contributed by atoms with Gasteiger partial charge < -0.3 is 14.2 Å². The minimum atomic E-state index is 0.579. The first-order chi connectivity index (χ1) is 12.2. The molecular formula is C19H21N3O3. The zero-order valence-corrected chi connectivity index (χ0v) is 14.9. The van der Waals surface area contributed by atoms with Crippen LogP contribution in [0.5, 0.6) is 17.2 Å². The molecule has 1 aromatic carbocycles. The number of fused-ring (bicyclic) bond motifs is 1. The molecule has 2 heterocycles. The van der Waals surface area contributed by atoms with E-state index in [0.29, 0.717) is 23.2 Å². The number of pyridine rings is 1. The van der Waals surface area contributed by atoms with Crippen LogP contribution in [0.2, 0.25) is 0 Å². The van der Waals surface area contributed by atoms with E-state index < -0.39 is 0 Å². The van der Waals surface area contributed by atoms with E-state index in [0.717, 1.165) is 22.3 Å². The van der Waals surface area contributed by atoms with E-state index in [4.69, 9.17) is 19.2 Å². The topological polar surface area (TPSA) is 58.4 Å². The Balaban J connectivity index is 1.98. The molecule has 0 amide bonds. The van der Waals surface area contributed by atoms with Crippen LogP contribution in [0.4, 0.5) is 0 Å². The Morgan fingerprint density at radius 3 is 2.24 bits per heavy atom. The molecule has 130 valence electrons. The van der Waals surface area contributed by atoms with Crippen molar-refractivity contribution in [3.63, 3.8) is 0 Å². The van der Waals surface area contributed by atoms with Crippen molar-refractivity contribution in [1.82, 2.24) is 14.8 Å². The van der Waals surface area contributed by atoms with E-state index in [-0.39, 0.29) is 0 Å². The number of hydrogen-bond acceptors (Lipinski definition) is 5. The van der Waals surface area contributed by atoms with Crippen molar-refractivity contribution in [2.45, 2.75) is 18.8 Å². The average Bonchev–Trinajstić information content (AvgIpc) is 3.43. The summed E-state index contributed by atoms with van der Waals surface area (Å²) in [6, 6.07) is 5.85. The summed E-state index contributed by atoms with van der Waals surface area (Å²) in [7, 11) is 6.87. The molecule has 0 N–H and O–H groups in total. The van der Waals surface area contributed by atoms with Crippen LogP contribution in [0.25, 0.3) is 22.3 Å². The van der Waals surface area contributed by atoms with E-state index in [1.165, 1.54) is 18.4 Å². The normalized spacial score (nSPS) is 13.9. The van der Waals surface area contributed by atoms with Crippen molar-refractivity contribution >= 4 is 11.0 Å². The highest BCUT2D eigenvalue weighted by atomic mass is 16.5. The molecule has 1 fully saturated rings. The van der Waals surface area contributed by atoms with E-state index in [2.05, 4.69) is 11.2 Å². The zero-order chi connectivity index (χ0) is 17.6. The van der Waals surface area contributed by atoms with Crippen molar-refractivity contribution in [3.05, 3.63) is 30.0 Å². The molecule has 6 nitrogen and oxygen atoms in total. The number of benzene rings is 1. The first-order valence-corrected chi connectivity index (χ1v) is 8.29. The summed E-state index contributed by atoms with van der Waals surface area (Å²) in [5, 5.41) is 4.39.